The van der Waals surface area contributed by atoms with Gasteiger partial charge in [0.25, 0.3) is 0 Å². The third kappa shape index (κ3) is 15.4. The Morgan fingerprint density at radius 3 is 1.40 bits per heavy atom. The van der Waals surface area contributed by atoms with Gasteiger partial charge in [0, 0.05) is 5.33 Å². The van der Waals surface area contributed by atoms with Crippen molar-refractivity contribution in [1.29, 1.82) is 0 Å². The predicted octanol–water partition coefficient (Wildman–Crippen LogP) is 6.40. The van der Waals surface area contributed by atoms with Crippen LogP contribution in [-0.2, 0) is 0 Å². The number of hydrogen-bond acceptors (Lipinski definition) is 0. The molecule has 0 fully saturated rings. The van der Waals surface area contributed by atoms with Gasteiger partial charge in [-0.3, -0.25) is 0 Å². The summed E-state index contributed by atoms with van der Waals surface area (Å²) in [6, 6.07) is 0. The lowest BCUT2D eigenvalue weighted by Gasteiger charge is -2.02. The maximum Gasteiger partial charge on any atom is 0.0697 e. The molecule has 0 heterocycles. The van der Waals surface area contributed by atoms with E-state index in [-0.39, 0.29) is 0 Å². The zero-order valence-corrected chi connectivity index (χ0v) is 14.2. The zero-order valence-electron chi connectivity index (χ0n) is 9.49. The van der Waals surface area contributed by atoms with E-state index in [0.717, 1.165) is 0 Å². The van der Waals surface area contributed by atoms with Crippen LogP contribution in [0, 0.1) is 0 Å². The van der Waals surface area contributed by atoms with Crippen LogP contribution in [0.5, 0.6) is 0 Å². The van der Waals surface area contributed by atoms with Crippen molar-refractivity contribution in [1.82, 2.24) is 0 Å². The molecule has 0 nitrogen and oxygen atoms in total. The van der Waals surface area contributed by atoms with E-state index in [2.05, 4.69) is 47.8 Å². The summed E-state index contributed by atoms with van der Waals surface area (Å²) in [6.07, 6.45) is 13.9. The largest absolute Gasteiger partial charge is 0.0928 e. The van der Waals surface area contributed by atoms with Crippen LogP contribution in [-0.4, -0.2) is 9.07 Å². The molecular weight excluding hydrogens is 384 g/mol. The first kappa shape index (κ1) is 16.4. The molecule has 0 rings (SSSR count). The molecule has 0 saturated heterocycles. The number of rotatable bonds is 11. The fraction of sp³-hybridized carbons (Fsp3) is 1.00. The standard InChI is InChI=1S/C12H23Br3/c13-11-9-7-5-3-1-2-4-6-8-10-12(14)15/h12H,1-11H2. The Morgan fingerprint density at radius 1 is 0.600 bits per heavy atom. The van der Waals surface area contributed by atoms with E-state index in [4.69, 9.17) is 0 Å². The normalized spacial score (nSPS) is 11.2. The van der Waals surface area contributed by atoms with Crippen molar-refractivity contribution in [2.24, 2.45) is 0 Å². The van der Waals surface area contributed by atoms with Crippen molar-refractivity contribution >= 4 is 47.8 Å². The van der Waals surface area contributed by atoms with Gasteiger partial charge in [0.15, 0.2) is 0 Å². The average Bonchev–Trinajstić information content (AvgIpc) is 2.20. The van der Waals surface area contributed by atoms with Crippen LogP contribution in [0.15, 0.2) is 0 Å². The number of unbranched alkanes of at least 4 members (excludes halogenated alkanes) is 8. The Labute approximate surface area is 120 Å². The van der Waals surface area contributed by atoms with Crippen LogP contribution in [0.3, 0.4) is 0 Å². The minimum absolute atomic E-state index is 0.522. The second-order valence-electron chi connectivity index (χ2n) is 4.05. The van der Waals surface area contributed by atoms with Gasteiger partial charge in [-0.15, -0.1) is 0 Å². The van der Waals surface area contributed by atoms with Crippen LogP contribution in [0.4, 0.5) is 0 Å². The van der Waals surface area contributed by atoms with E-state index < -0.39 is 0 Å². The summed E-state index contributed by atoms with van der Waals surface area (Å²) in [4.78, 5) is 0. The second-order valence-corrected chi connectivity index (χ2v) is 8.28. The summed E-state index contributed by atoms with van der Waals surface area (Å²) in [5, 5.41) is 1.17. The monoisotopic (exact) mass is 404 g/mol. The van der Waals surface area contributed by atoms with E-state index >= 15 is 0 Å². The summed E-state index contributed by atoms with van der Waals surface area (Å²) in [5.41, 5.74) is 0. The first-order chi connectivity index (χ1) is 7.27. The highest BCUT2D eigenvalue weighted by atomic mass is 79.9. The maximum atomic E-state index is 3.51. The molecule has 0 bridgehead atoms. The zero-order chi connectivity index (χ0) is 11.4. The molecule has 0 aliphatic rings. The molecule has 0 aromatic heterocycles. The Bertz CT molecular complexity index is 115. The van der Waals surface area contributed by atoms with Gasteiger partial charge in [0.05, 0.1) is 3.74 Å². The fourth-order valence-electron chi connectivity index (χ4n) is 1.63. The van der Waals surface area contributed by atoms with Crippen LogP contribution >= 0.6 is 47.8 Å². The number of hydrogen-bond donors (Lipinski definition) is 0. The summed E-state index contributed by atoms with van der Waals surface area (Å²) in [5.74, 6) is 0. The summed E-state index contributed by atoms with van der Waals surface area (Å²) in [6.45, 7) is 0. The highest BCUT2D eigenvalue weighted by Crippen LogP contribution is 2.17. The van der Waals surface area contributed by atoms with Gasteiger partial charge >= 0.3 is 0 Å². The van der Waals surface area contributed by atoms with Crippen molar-refractivity contribution in [2.75, 3.05) is 5.33 Å². The molecule has 0 aliphatic heterocycles. The van der Waals surface area contributed by atoms with Crippen molar-refractivity contribution in [3.63, 3.8) is 0 Å². The molecule has 0 aliphatic carbocycles. The molecule has 0 saturated carbocycles. The van der Waals surface area contributed by atoms with Crippen molar-refractivity contribution < 1.29 is 0 Å². The highest BCUT2D eigenvalue weighted by molar-refractivity contribution is 9.24. The van der Waals surface area contributed by atoms with Crippen LogP contribution in [0.25, 0.3) is 0 Å². The molecule has 15 heavy (non-hydrogen) atoms. The van der Waals surface area contributed by atoms with Crippen LogP contribution in [0.2, 0.25) is 0 Å². The molecule has 0 unspecified atom stereocenters. The molecule has 0 spiro atoms. The third-order valence-corrected chi connectivity index (χ3v) is 4.03. The van der Waals surface area contributed by atoms with Crippen molar-refractivity contribution in [2.45, 2.75) is 67.9 Å². The number of alkyl halides is 3. The predicted molar refractivity (Wildman–Crippen MR) is 81.6 cm³/mol. The topological polar surface area (TPSA) is 0 Å². The highest BCUT2D eigenvalue weighted by Gasteiger charge is 1.97. The summed E-state index contributed by atoms with van der Waals surface area (Å²) < 4.78 is 0.522. The van der Waals surface area contributed by atoms with Gasteiger partial charge in [-0.2, -0.15) is 0 Å². The van der Waals surface area contributed by atoms with E-state index in [1.807, 2.05) is 0 Å². The van der Waals surface area contributed by atoms with E-state index in [1.54, 1.807) is 0 Å². The van der Waals surface area contributed by atoms with Gasteiger partial charge in [-0.05, 0) is 12.8 Å². The van der Waals surface area contributed by atoms with Gasteiger partial charge in [-0.25, -0.2) is 0 Å². The lowest BCUT2D eigenvalue weighted by molar-refractivity contribution is 0.563. The third-order valence-electron chi connectivity index (χ3n) is 2.56. The Morgan fingerprint density at radius 2 is 1.00 bits per heavy atom. The lowest BCUT2D eigenvalue weighted by Crippen LogP contribution is -1.86. The molecule has 0 aromatic carbocycles. The lowest BCUT2D eigenvalue weighted by atomic mass is 10.1. The SMILES string of the molecule is BrCCCCCCCCCCCC(Br)Br. The van der Waals surface area contributed by atoms with Gasteiger partial charge in [0.2, 0.25) is 0 Å². The first-order valence-corrected chi connectivity index (χ1v) is 9.06. The average molecular weight is 407 g/mol. The minimum Gasteiger partial charge on any atom is -0.0928 e. The molecule has 92 valence electrons. The Hall–Kier alpha value is 1.44. The Kier molecular flexibility index (Phi) is 14.8. The molecule has 3 heteroatoms. The van der Waals surface area contributed by atoms with Gasteiger partial charge in [-0.1, -0.05) is 99.2 Å². The minimum atomic E-state index is 0.522. The molecular formula is C12H23Br3. The van der Waals surface area contributed by atoms with Crippen LogP contribution < -0.4 is 0 Å². The Balaban J connectivity index is 2.87. The van der Waals surface area contributed by atoms with Gasteiger partial charge in [0.1, 0.15) is 0 Å². The summed E-state index contributed by atoms with van der Waals surface area (Å²) in [7, 11) is 0. The first-order valence-electron chi connectivity index (χ1n) is 6.11. The summed E-state index contributed by atoms with van der Waals surface area (Å²) >= 11 is 10.5. The smallest absolute Gasteiger partial charge is 0.0697 e. The van der Waals surface area contributed by atoms with Crippen LogP contribution in [0.1, 0.15) is 64.2 Å². The molecule has 0 radical (unpaired) electrons. The number of halogens is 3. The molecule has 0 N–H and O–H groups in total. The van der Waals surface area contributed by atoms with E-state index in [1.165, 1.54) is 69.5 Å². The molecule has 0 aromatic rings. The quantitative estimate of drug-likeness (QED) is 0.275. The van der Waals surface area contributed by atoms with E-state index in [0.29, 0.717) is 3.74 Å². The van der Waals surface area contributed by atoms with Gasteiger partial charge < -0.3 is 0 Å². The van der Waals surface area contributed by atoms with Crippen molar-refractivity contribution in [3.8, 4) is 0 Å². The van der Waals surface area contributed by atoms with Crippen molar-refractivity contribution in [3.05, 3.63) is 0 Å². The molecule has 0 amide bonds. The maximum absolute atomic E-state index is 3.51. The van der Waals surface area contributed by atoms with E-state index in [9.17, 15) is 0 Å². The second kappa shape index (κ2) is 13.5. The fourth-order valence-corrected chi connectivity index (χ4v) is 2.67. The molecule has 0 atom stereocenters.